The molecule has 3 aromatic rings. The van der Waals surface area contributed by atoms with Gasteiger partial charge < -0.3 is 5.73 Å². The van der Waals surface area contributed by atoms with Gasteiger partial charge in [0.2, 0.25) is 5.13 Å². The molecule has 5 rings (SSSR count). The summed E-state index contributed by atoms with van der Waals surface area (Å²) in [6, 6.07) is 17.2. The van der Waals surface area contributed by atoms with Gasteiger partial charge in [-0.2, -0.15) is 5.26 Å². The van der Waals surface area contributed by atoms with Crippen molar-refractivity contribution in [1.29, 1.82) is 5.26 Å². The highest BCUT2D eigenvalue weighted by atomic mass is 35.5. The van der Waals surface area contributed by atoms with Crippen molar-refractivity contribution >= 4 is 57.2 Å². The highest BCUT2D eigenvalue weighted by Gasteiger charge is 2.45. The summed E-state index contributed by atoms with van der Waals surface area (Å²) in [7, 11) is 0. The molecule has 37 heavy (non-hydrogen) atoms. The van der Waals surface area contributed by atoms with E-state index in [-0.39, 0.29) is 22.6 Å². The molecule has 2 aromatic carbocycles. The zero-order valence-electron chi connectivity index (χ0n) is 20.2. The van der Waals surface area contributed by atoms with Crippen LogP contribution in [0.15, 0.2) is 75.5 Å². The number of anilines is 1. The zero-order chi connectivity index (χ0) is 26.3. The predicted octanol–water partition coefficient (Wildman–Crippen LogP) is 7.08. The number of Topliss-reactive ketones (excluding diaryl/α,β-unsaturated/α-hetero) is 1. The number of ketones is 1. The van der Waals surface area contributed by atoms with E-state index < -0.39 is 5.92 Å². The fraction of sp³-hybridized carbons (Fsp3) is 0.259. The third kappa shape index (κ3) is 4.89. The summed E-state index contributed by atoms with van der Waals surface area (Å²) < 4.78 is 0.734. The number of nitrogens with two attached hydrogens (primary N) is 1. The fourth-order valence-electron chi connectivity index (χ4n) is 4.85. The van der Waals surface area contributed by atoms with Gasteiger partial charge in [0.25, 0.3) is 0 Å². The molecular formula is C27H23Cl2N5OS2. The molecule has 2 heterocycles. The number of allylic oxidation sites excluding steroid dienone is 3. The highest BCUT2D eigenvalue weighted by molar-refractivity contribution is 8.00. The van der Waals surface area contributed by atoms with Crippen molar-refractivity contribution < 1.29 is 4.79 Å². The Balaban J connectivity index is 1.59. The quantitative estimate of drug-likeness (QED) is 0.329. The monoisotopic (exact) mass is 567 g/mol. The molecule has 1 aromatic heterocycles. The van der Waals surface area contributed by atoms with Gasteiger partial charge in [0.1, 0.15) is 5.82 Å². The third-order valence-corrected chi connectivity index (χ3v) is 9.30. The number of benzene rings is 2. The summed E-state index contributed by atoms with van der Waals surface area (Å²) in [6.07, 6.45) is 0.963. The number of carbonyl (C=O) groups is 1. The van der Waals surface area contributed by atoms with E-state index in [9.17, 15) is 10.1 Å². The van der Waals surface area contributed by atoms with Crippen LogP contribution in [-0.4, -0.2) is 16.0 Å². The second-order valence-electron chi connectivity index (χ2n) is 9.73. The summed E-state index contributed by atoms with van der Waals surface area (Å²) >= 11 is 15.8. The van der Waals surface area contributed by atoms with Crippen LogP contribution in [0.5, 0.6) is 0 Å². The van der Waals surface area contributed by atoms with E-state index in [0.717, 1.165) is 15.6 Å². The SMILES string of the molecule is CC1(C)CC(=O)C2=C(C1)N(c1nnc(SCc3ccccc3Cl)s1)C(N)=C(C#N)[C@@H]2c1ccccc1Cl. The van der Waals surface area contributed by atoms with Crippen molar-refractivity contribution in [3.63, 3.8) is 0 Å². The molecule has 2 aliphatic rings. The normalized spacial score (nSPS) is 19.2. The molecule has 0 bridgehead atoms. The summed E-state index contributed by atoms with van der Waals surface area (Å²) in [5.41, 5.74) is 9.68. The first-order valence-corrected chi connectivity index (χ1v) is 14.2. The summed E-state index contributed by atoms with van der Waals surface area (Å²) in [5, 5.41) is 20.7. The summed E-state index contributed by atoms with van der Waals surface area (Å²) in [6.45, 7) is 4.12. The van der Waals surface area contributed by atoms with Crippen LogP contribution in [0.2, 0.25) is 10.0 Å². The number of nitrogens with zero attached hydrogens (tertiary/aromatic N) is 4. The van der Waals surface area contributed by atoms with Crippen LogP contribution in [0.25, 0.3) is 0 Å². The molecular weight excluding hydrogens is 545 g/mol. The number of hydrogen-bond acceptors (Lipinski definition) is 8. The van der Waals surface area contributed by atoms with Gasteiger partial charge in [-0.3, -0.25) is 9.69 Å². The lowest BCUT2D eigenvalue weighted by Crippen LogP contribution is -2.42. The van der Waals surface area contributed by atoms with Gasteiger partial charge in [-0.1, -0.05) is 96.5 Å². The van der Waals surface area contributed by atoms with Crippen molar-refractivity contribution in [3.8, 4) is 6.07 Å². The van der Waals surface area contributed by atoms with E-state index in [0.29, 0.717) is 44.9 Å². The minimum absolute atomic E-state index is 0.0146. The van der Waals surface area contributed by atoms with E-state index in [1.807, 2.05) is 42.5 Å². The van der Waals surface area contributed by atoms with Crippen molar-refractivity contribution in [2.45, 2.75) is 42.7 Å². The molecule has 0 fully saturated rings. The van der Waals surface area contributed by atoms with Gasteiger partial charge in [-0.05, 0) is 35.1 Å². The van der Waals surface area contributed by atoms with Crippen LogP contribution >= 0.6 is 46.3 Å². The maximum absolute atomic E-state index is 13.6. The maximum Gasteiger partial charge on any atom is 0.219 e. The number of halogens is 2. The topological polar surface area (TPSA) is 95.9 Å². The van der Waals surface area contributed by atoms with E-state index >= 15 is 0 Å². The smallest absolute Gasteiger partial charge is 0.219 e. The number of hydrogen-bond donors (Lipinski definition) is 1. The molecule has 2 N–H and O–H groups in total. The highest BCUT2D eigenvalue weighted by Crippen LogP contribution is 2.51. The Morgan fingerprint density at radius 1 is 1.14 bits per heavy atom. The molecule has 188 valence electrons. The van der Waals surface area contributed by atoms with Crippen LogP contribution in [0.3, 0.4) is 0 Å². The van der Waals surface area contributed by atoms with Gasteiger partial charge in [0.15, 0.2) is 10.1 Å². The Bertz CT molecular complexity index is 1500. The van der Waals surface area contributed by atoms with Gasteiger partial charge >= 0.3 is 0 Å². The molecule has 0 radical (unpaired) electrons. The molecule has 6 nitrogen and oxygen atoms in total. The average Bonchev–Trinajstić information content (AvgIpc) is 3.31. The lowest BCUT2D eigenvalue weighted by Gasteiger charge is -2.42. The minimum Gasteiger partial charge on any atom is -0.384 e. The zero-order valence-corrected chi connectivity index (χ0v) is 23.3. The largest absolute Gasteiger partial charge is 0.384 e. The molecule has 1 aliphatic heterocycles. The Hall–Kier alpha value is -2.83. The molecule has 10 heteroatoms. The Morgan fingerprint density at radius 2 is 1.84 bits per heavy atom. The first kappa shape index (κ1) is 25.8. The van der Waals surface area contributed by atoms with E-state index in [1.54, 1.807) is 11.0 Å². The van der Waals surface area contributed by atoms with Crippen LogP contribution in [0.1, 0.15) is 43.7 Å². The second-order valence-corrected chi connectivity index (χ2v) is 12.7. The Kier molecular flexibility index (Phi) is 7.08. The van der Waals surface area contributed by atoms with Gasteiger partial charge in [0.05, 0.1) is 17.6 Å². The minimum atomic E-state index is -0.629. The molecule has 0 saturated carbocycles. The summed E-state index contributed by atoms with van der Waals surface area (Å²) in [5.74, 6) is 0.238. The van der Waals surface area contributed by atoms with E-state index in [4.69, 9.17) is 28.9 Å². The number of aromatic nitrogens is 2. The lowest BCUT2D eigenvalue weighted by molar-refractivity contribution is -0.118. The van der Waals surface area contributed by atoms with Gasteiger partial charge in [-0.15, -0.1) is 10.2 Å². The van der Waals surface area contributed by atoms with Crippen LogP contribution < -0.4 is 10.6 Å². The van der Waals surface area contributed by atoms with E-state index in [1.165, 1.54) is 23.1 Å². The second kappa shape index (κ2) is 10.1. The maximum atomic E-state index is 13.6. The van der Waals surface area contributed by atoms with Crippen molar-refractivity contribution in [3.05, 3.63) is 92.4 Å². The Morgan fingerprint density at radius 3 is 2.54 bits per heavy atom. The van der Waals surface area contributed by atoms with Crippen molar-refractivity contribution in [2.75, 3.05) is 4.90 Å². The number of carbonyl (C=O) groups excluding carboxylic acids is 1. The van der Waals surface area contributed by atoms with Crippen molar-refractivity contribution in [1.82, 2.24) is 10.2 Å². The molecule has 0 unspecified atom stereocenters. The first-order valence-electron chi connectivity index (χ1n) is 11.6. The molecule has 0 amide bonds. The van der Waals surface area contributed by atoms with Crippen LogP contribution in [0, 0.1) is 16.7 Å². The standard InChI is InChI=1S/C27H23Cl2N5OS2/c1-27(2)11-20-23(21(35)12-27)22(16-8-4-6-10-19(16)29)17(13-30)24(31)34(20)25-32-33-26(37-25)36-14-15-7-3-5-9-18(15)28/h3-10,22H,11-12,14,31H2,1-2H3/t22-/m0/s1. The van der Waals surface area contributed by atoms with Gasteiger partial charge in [-0.25, -0.2) is 0 Å². The summed E-state index contributed by atoms with van der Waals surface area (Å²) in [4.78, 5) is 15.4. The Labute approximate surface area is 233 Å². The van der Waals surface area contributed by atoms with Crippen LogP contribution in [0.4, 0.5) is 5.13 Å². The molecule has 0 saturated heterocycles. The molecule has 1 atom stereocenters. The molecule has 0 spiro atoms. The third-order valence-electron chi connectivity index (χ3n) is 6.49. The van der Waals surface area contributed by atoms with Gasteiger partial charge in [0, 0.05) is 33.5 Å². The predicted molar refractivity (Wildman–Crippen MR) is 149 cm³/mol. The van der Waals surface area contributed by atoms with E-state index in [2.05, 4.69) is 30.1 Å². The van der Waals surface area contributed by atoms with Crippen molar-refractivity contribution in [2.24, 2.45) is 11.1 Å². The number of thioether (sulfide) groups is 1. The van der Waals surface area contributed by atoms with Crippen LogP contribution in [-0.2, 0) is 10.5 Å². The average molecular weight is 569 g/mol. The lowest BCUT2D eigenvalue weighted by atomic mass is 9.68. The first-order chi connectivity index (χ1) is 17.7. The molecule has 1 aliphatic carbocycles. The fourth-order valence-corrected chi connectivity index (χ4v) is 7.26. The number of rotatable bonds is 5. The number of nitriles is 1.